The van der Waals surface area contributed by atoms with Crippen LogP contribution in [0.5, 0.6) is 0 Å². The largest absolute Gasteiger partial charge is 0.403 e. The van der Waals surface area contributed by atoms with Crippen LogP contribution in [-0.4, -0.2) is 67.7 Å². The van der Waals surface area contributed by atoms with Crippen molar-refractivity contribution in [3.8, 4) is 0 Å². The van der Waals surface area contributed by atoms with Crippen LogP contribution in [0.1, 0.15) is 18.1 Å². The zero-order chi connectivity index (χ0) is 18.4. The minimum absolute atomic E-state index is 0.388. The van der Waals surface area contributed by atoms with Gasteiger partial charge >= 0.3 is 6.18 Å². The average molecular weight is 356 g/mol. The predicted octanol–water partition coefficient (Wildman–Crippen LogP) is 2.68. The number of hydrogen-bond acceptors (Lipinski definition) is 2. The number of nitrogens with one attached hydrogen (secondary N) is 1. The van der Waals surface area contributed by atoms with Gasteiger partial charge in [-0.25, -0.2) is 0 Å². The van der Waals surface area contributed by atoms with Gasteiger partial charge in [0, 0.05) is 39.8 Å². The molecule has 4 nitrogen and oxygen atoms in total. The molecule has 1 unspecified atom stereocenters. The van der Waals surface area contributed by atoms with Crippen molar-refractivity contribution in [2.75, 3.05) is 39.8 Å². The van der Waals surface area contributed by atoms with E-state index >= 15 is 0 Å². The normalized spacial score (nSPS) is 18.3. The Labute approximate surface area is 147 Å². The topological polar surface area (TPSA) is 30.9 Å². The van der Waals surface area contributed by atoms with Crippen molar-refractivity contribution in [3.63, 3.8) is 0 Å². The van der Waals surface area contributed by atoms with Gasteiger partial charge in [-0.3, -0.25) is 9.89 Å². The van der Waals surface area contributed by atoms with Crippen molar-refractivity contribution < 1.29 is 13.2 Å². The van der Waals surface area contributed by atoms with E-state index in [1.807, 2.05) is 17.0 Å². The molecule has 1 atom stereocenters. The minimum Gasteiger partial charge on any atom is -0.356 e. The van der Waals surface area contributed by atoms with Crippen LogP contribution in [0.25, 0.3) is 0 Å². The minimum atomic E-state index is -4.17. The first kappa shape index (κ1) is 19.6. The van der Waals surface area contributed by atoms with Gasteiger partial charge in [0.15, 0.2) is 5.96 Å². The molecule has 1 aromatic rings. The summed E-state index contributed by atoms with van der Waals surface area (Å²) in [4.78, 5) is 7.78. The van der Waals surface area contributed by atoms with Crippen LogP contribution in [0, 0.1) is 6.92 Å². The summed E-state index contributed by atoms with van der Waals surface area (Å²) >= 11 is 0. The van der Waals surface area contributed by atoms with Crippen LogP contribution in [-0.2, 0) is 6.42 Å². The quantitative estimate of drug-likeness (QED) is 0.665. The second kappa shape index (κ2) is 8.56. The van der Waals surface area contributed by atoms with Crippen molar-refractivity contribution in [3.05, 3.63) is 35.4 Å². The van der Waals surface area contributed by atoms with Crippen LogP contribution in [0.3, 0.4) is 0 Å². The van der Waals surface area contributed by atoms with E-state index in [1.165, 1.54) is 23.0 Å². The first-order valence-electron chi connectivity index (χ1n) is 8.63. The molecule has 1 fully saturated rings. The van der Waals surface area contributed by atoms with Crippen molar-refractivity contribution in [1.82, 2.24) is 15.1 Å². The lowest BCUT2D eigenvalue weighted by Gasteiger charge is -2.39. The summed E-state index contributed by atoms with van der Waals surface area (Å²) in [5, 5.41) is 3.32. The number of piperazine rings is 1. The first-order chi connectivity index (χ1) is 11.8. The SMILES string of the molecule is CN=C(NCCc1ccccc1C)N1CCN(C(C)C(F)(F)F)CC1. The molecule has 1 heterocycles. The summed E-state index contributed by atoms with van der Waals surface area (Å²) in [5.41, 5.74) is 2.54. The second-order valence-electron chi connectivity index (χ2n) is 6.39. The molecular weight excluding hydrogens is 329 g/mol. The highest BCUT2D eigenvalue weighted by atomic mass is 19.4. The third kappa shape index (κ3) is 5.36. The lowest BCUT2D eigenvalue weighted by Crippen LogP contribution is -2.56. The van der Waals surface area contributed by atoms with Gasteiger partial charge in [0.25, 0.3) is 0 Å². The van der Waals surface area contributed by atoms with E-state index in [9.17, 15) is 13.2 Å². The van der Waals surface area contributed by atoms with Crippen LogP contribution < -0.4 is 5.32 Å². The Morgan fingerprint density at radius 2 is 1.84 bits per heavy atom. The molecule has 0 spiro atoms. The zero-order valence-electron chi connectivity index (χ0n) is 15.1. The number of alkyl halides is 3. The van der Waals surface area contributed by atoms with Gasteiger partial charge < -0.3 is 10.2 Å². The summed E-state index contributed by atoms with van der Waals surface area (Å²) in [6.45, 7) is 5.93. The third-order valence-electron chi connectivity index (χ3n) is 4.79. The van der Waals surface area contributed by atoms with E-state index in [2.05, 4.69) is 29.4 Å². The number of halogens is 3. The summed E-state index contributed by atoms with van der Waals surface area (Å²) in [6.07, 6.45) is -3.29. The Balaban J connectivity index is 1.81. The van der Waals surface area contributed by atoms with E-state index in [4.69, 9.17) is 0 Å². The number of rotatable bonds is 4. The van der Waals surface area contributed by atoms with Crippen molar-refractivity contribution in [2.24, 2.45) is 4.99 Å². The lowest BCUT2D eigenvalue weighted by molar-refractivity contribution is -0.181. The van der Waals surface area contributed by atoms with Gasteiger partial charge in [0.05, 0.1) is 0 Å². The molecule has 0 saturated carbocycles. The highest BCUT2D eigenvalue weighted by Crippen LogP contribution is 2.25. The van der Waals surface area contributed by atoms with Crippen LogP contribution in [0.15, 0.2) is 29.3 Å². The van der Waals surface area contributed by atoms with Gasteiger partial charge in [0.2, 0.25) is 0 Å². The predicted molar refractivity (Wildman–Crippen MR) is 94.9 cm³/mol. The number of aliphatic imine (C=N–C) groups is 1. The molecule has 1 N–H and O–H groups in total. The monoisotopic (exact) mass is 356 g/mol. The third-order valence-corrected chi connectivity index (χ3v) is 4.79. The number of hydrogen-bond donors (Lipinski definition) is 1. The van der Waals surface area contributed by atoms with Crippen molar-refractivity contribution in [2.45, 2.75) is 32.5 Å². The van der Waals surface area contributed by atoms with Gasteiger partial charge in [-0.15, -0.1) is 0 Å². The molecule has 1 aromatic carbocycles. The van der Waals surface area contributed by atoms with Gasteiger partial charge in [0.1, 0.15) is 6.04 Å². The fourth-order valence-electron chi connectivity index (χ4n) is 3.06. The van der Waals surface area contributed by atoms with Crippen molar-refractivity contribution in [1.29, 1.82) is 0 Å². The molecule has 25 heavy (non-hydrogen) atoms. The Morgan fingerprint density at radius 3 is 2.40 bits per heavy atom. The van der Waals surface area contributed by atoms with Gasteiger partial charge in [-0.1, -0.05) is 24.3 Å². The summed E-state index contributed by atoms with van der Waals surface area (Å²) in [7, 11) is 1.71. The van der Waals surface area contributed by atoms with Crippen LogP contribution in [0.4, 0.5) is 13.2 Å². The summed E-state index contributed by atoms with van der Waals surface area (Å²) < 4.78 is 38.5. The Bertz CT molecular complexity index is 578. The maximum Gasteiger partial charge on any atom is 0.403 e. The molecule has 7 heteroatoms. The highest BCUT2D eigenvalue weighted by molar-refractivity contribution is 5.80. The molecule has 1 aliphatic heterocycles. The molecule has 2 rings (SSSR count). The van der Waals surface area contributed by atoms with E-state index < -0.39 is 12.2 Å². The number of benzene rings is 1. The maximum absolute atomic E-state index is 12.8. The molecule has 140 valence electrons. The van der Waals surface area contributed by atoms with E-state index in [-0.39, 0.29) is 0 Å². The van der Waals surface area contributed by atoms with E-state index in [0.717, 1.165) is 18.9 Å². The number of aryl methyl sites for hydroxylation is 1. The Morgan fingerprint density at radius 1 is 1.20 bits per heavy atom. The van der Waals surface area contributed by atoms with E-state index in [0.29, 0.717) is 26.2 Å². The lowest BCUT2D eigenvalue weighted by atomic mass is 10.1. The van der Waals surface area contributed by atoms with Gasteiger partial charge in [-0.05, 0) is 31.4 Å². The molecular formula is C18H27F3N4. The molecule has 1 saturated heterocycles. The number of nitrogens with zero attached hydrogens (tertiary/aromatic N) is 3. The second-order valence-corrected chi connectivity index (χ2v) is 6.39. The molecule has 0 bridgehead atoms. The van der Waals surface area contributed by atoms with Crippen LogP contribution in [0.2, 0.25) is 0 Å². The van der Waals surface area contributed by atoms with Crippen molar-refractivity contribution >= 4 is 5.96 Å². The fraction of sp³-hybridized carbons (Fsp3) is 0.611. The zero-order valence-corrected chi connectivity index (χ0v) is 15.1. The summed E-state index contributed by atoms with van der Waals surface area (Å²) in [6, 6.07) is 6.85. The van der Waals surface area contributed by atoms with E-state index in [1.54, 1.807) is 7.05 Å². The van der Waals surface area contributed by atoms with Gasteiger partial charge in [-0.2, -0.15) is 13.2 Å². The highest BCUT2D eigenvalue weighted by Gasteiger charge is 2.41. The molecule has 0 aromatic heterocycles. The molecule has 0 amide bonds. The fourth-order valence-corrected chi connectivity index (χ4v) is 3.06. The maximum atomic E-state index is 12.8. The molecule has 1 aliphatic rings. The smallest absolute Gasteiger partial charge is 0.356 e. The van der Waals surface area contributed by atoms with Crippen LogP contribution >= 0.6 is 0 Å². The first-order valence-corrected chi connectivity index (χ1v) is 8.63. The standard InChI is InChI=1S/C18H27F3N4/c1-14-6-4-5-7-16(14)8-9-23-17(22-3)25-12-10-24(11-13-25)15(2)18(19,20)21/h4-7,15H,8-13H2,1-3H3,(H,22,23). The Hall–Kier alpha value is -1.76. The number of guanidine groups is 1. The average Bonchev–Trinajstić information content (AvgIpc) is 2.59. The Kier molecular flexibility index (Phi) is 6.70. The molecule has 0 radical (unpaired) electrons. The summed E-state index contributed by atoms with van der Waals surface area (Å²) in [5.74, 6) is 0.757. The molecule has 0 aliphatic carbocycles.